The summed E-state index contributed by atoms with van der Waals surface area (Å²) in [6, 6.07) is 6.81. The Bertz CT molecular complexity index is 818. The zero-order valence-corrected chi connectivity index (χ0v) is 14.5. The number of carboxylic acids is 1. The highest BCUT2D eigenvalue weighted by molar-refractivity contribution is 6.31. The minimum Gasteiger partial charge on any atom is -0.496 e. The van der Waals surface area contributed by atoms with Gasteiger partial charge in [0.25, 0.3) is 5.91 Å². The number of methoxy groups -OCH3 is 1. The molecule has 0 bridgehead atoms. The predicted molar refractivity (Wildman–Crippen MR) is 90.9 cm³/mol. The number of aromatic nitrogens is 2. The Labute approximate surface area is 149 Å². The van der Waals surface area contributed by atoms with Gasteiger partial charge in [-0.3, -0.25) is 14.3 Å². The van der Waals surface area contributed by atoms with Gasteiger partial charge in [0.2, 0.25) is 0 Å². The summed E-state index contributed by atoms with van der Waals surface area (Å²) in [4.78, 5) is 25.2. The molecule has 0 spiro atoms. The molecule has 0 fully saturated rings. The number of nitrogens with zero attached hydrogens (tertiary/aromatic N) is 3. The fourth-order valence-electron chi connectivity index (χ4n) is 2.87. The maximum atomic E-state index is 12.8. The molecular formula is C17H18ClN3O4. The minimum atomic E-state index is -0.851. The van der Waals surface area contributed by atoms with Crippen LogP contribution in [-0.4, -0.2) is 45.3 Å². The Morgan fingerprint density at radius 1 is 1.32 bits per heavy atom. The van der Waals surface area contributed by atoms with Crippen molar-refractivity contribution in [3.8, 4) is 5.75 Å². The predicted octanol–water partition coefficient (Wildman–Crippen LogP) is 2.22. The van der Waals surface area contributed by atoms with E-state index in [0.717, 1.165) is 11.4 Å². The molecule has 0 saturated carbocycles. The lowest BCUT2D eigenvalue weighted by Crippen LogP contribution is -2.38. The van der Waals surface area contributed by atoms with Gasteiger partial charge in [-0.15, -0.1) is 0 Å². The van der Waals surface area contributed by atoms with Gasteiger partial charge in [0, 0.05) is 18.0 Å². The molecule has 25 heavy (non-hydrogen) atoms. The summed E-state index contributed by atoms with van der Waals surface area (Å²) in [6.45, 7) is 1.49. The molecule has 0 unspecified atom stereocenters. The van der Waals surface area contributed by atoms with E-state index >= 15 is 0 Å². The molecule has 0 atom stereocenters. The number of hydrogen-bond donors (Lipinski definition) is 1. The van der Waals surface area contributed by atoms with Gasteiger partial charge < -0.3 is 14.7 Å². The quantitative estimate of drug-likeness (QED) is 0.880. The number of hydrogen-bond acceptors (Lipinski definition) is 4. The molecule has 1 aliphatic heterocycles. The van der Waals surface area contributed by atoms with Crippen LogP contribution in [0.4, 0.5) is 0 Å². The van der Waals surface area contributed by atoms with Crippen molar-refractivity contribution in [2.75, 3.05) is 13.7 Å². The van der Waals surface area contributed by atoms with Gasteiger partial charge in [-0.05, 0) is 24.3 Å². The Morgan fingerprint density at radius 2 is 2.12 bits per heavy atom. The minimum absolute atomic E-state index is 0.0405. The lowest BCUT2D eigenvalue weighted by molar-refractivity contribution is -0.136. The second kappa shape index (κ2) is 7.14. The number of halogens is 1. The second-order valence-electron chi connectivity index (χ2n) is 5.82. The average Bonchev–Trinajstić information content (AvgIpc) is 3.01. The number of rotatable bonds is 5. The normalized spacial score (nSPS) is 13.4. The van der Waals surface area contributed by atoms with Crippen LogP contribution in [-0.2, 0) is 24.3 Å². The fraction of sp³-hybridized carbons (Fsp3) is 0.353. The van der Waals surface area contributed by atoms with Gasteiger partial charge in [-0.25, -0.2) is 0 Å². The highest BCUT2D eigenvalue weighted by Crippen LogP contribution is 2.26. The number of aliphatic carboxylic acids is 1. The van der Waals surface area contributed by atoms with E-state index in [4.69, 9.17) is 21.4 Å². The number of amides is 1. The number of carbonyl (C=O) groups is 2. The van der Waals surface area contributed by atoms with Crippen LogP contribution in [0.15, 0.2) is 24.3 Å². The topological polar surface area (TPSA) is 84.7 Å². The Balaban J connectivity index is 1.77. The van der Waals surface area contributed by atoms with Gasteiger partial charge in [-0.1, -0.05) is 11.6 Å². The van der Waals surface area contributed by atoms with Gasteiger partial charge in [0.05, 0.1) is 43.6 Å². The molecule has 7 nitrogen and oxygen atoms in total. The third kappa shape index (κ3) is 3.76. The Kier molecular flexibility index (Phi) is 4.94. The first-order valence-electron chi connectivity index (χ1n) is 7.88. The Hall–Kier alpha value is -2.54. The van der Waals surface area contributed by atoms with E-state index in [9.17, 15) is 9.59 Å². The van der Waals surface area contributed by atoms with E-state index < -0.39 is 5.97 Å². The van der Waals surface area contributed by atoms with E-state index in [0.29, 0.717) is 42.4 Å². The van der Waals surface area contributed by atoms with Crippen molar-refractivity contribution in [2.45, 2.75) is 25.9 Å². The molecule has 132 valence electrons. The summed E-state index contributed by atoms with van der Waals surface area (Å²) in [5, 5.41) is 13.7. The van der Waals surface area contributed by atoms with E-state index in [-0.39, 0.29) is 12.3 Å². The molecule has 1 amide bonds. The first kappa shape index (κ1) is 17.3. The highest BCUT2D eigenvalue weighted by Gasteiger charge is 2.25. The largest absolute Gasteiger partial charge is 0.496 e. The van der Waals surface area contributed by atoms with E-state index in [1.165, 1.54) is 7.11 Å². The van der Waals surface area contributed by atoms with Crippen LogP contribution in [0.3, 0.4) is 0 Å². The van der Waals surface area contributed by atoms with Gasteiger partial charge in [-0.2, -0.15) is 5.10 Å². The number of ether oxygens (including phenoxy) is 1. The van der Waals surface area contributed by atoms with Crippen molar-refractivity contribution >= 4 is 23.5 Å². The monoisotopic (exact) mass is 363 g/mol. The highest BCUT2D eigenvalue weighted by atomic mass is 35.5. The summed E-state index contributed by atoms with van der Waals surface area (Å²) in [5.74, 6) is -0.523. The van der Waals surface area contributed by atoms with Gasteiger partial charge >= 0.3 is 5.97 Å². The molecule has 0 saturated heterocycles. The van der Waals surface area contributed by atoms with Crippen molar-refractivity contribution < 1.29 is 19.4 Å². The van der Waals surface area contributed by atoms with Crippen LogP contribution in [0.25, 0.3) is 0 Å². The van der Waals surface area contributed by atoms with Gasteiger partial charge in [0.1, 0.15) is 5.75 Å². The van der Waals surface area contributed by atoms with Crippen molar-refractivity contribution in [1.82, 2.24) is 14.7 Å². The molecule has 2 heterocycles. The molecule has 3 rings (SSSR count). The number of carbonyl (C=O) groups excluding carboxylic acids is 1. The molecule has 2 aromatic rings. The molecular weight excluding hydrogens is 346 g/mol. The SMILES string of the molecule is COc1ccc(Cl)cc1C(=O)N1CCn2nc(CCC(=O)O)cc2C1. The Morgan fingerprint density at radius 3 is 2.84 bits per heavy atom. The molecule has 0 radical (unpaired) electrons. The fourth-order valence-corrected chi connectivity index (χ4v) is 3.05. The molecule has 0 aliphatic carbocycles. The van der Waals surface area contributed by atoms with Crippen LogP contribution < -0.4 is 4.74 Å². The summed E-state index contributed by atoms with van der Waals surface area (Å²) in [5.41, 5.74) is 2.04. The van der Waals surface area contributed by atoms with E-state index in [1.54, 1.807) is 23.1 Å². The molecule has 1 aliphatic rings. The lowest BCUT2D eigenvalue weighted by Gasteiger charge is -2.28. The average molecular weight is 364 g/mol. The maximum Gasteiger partial charge on any atom is 0.303 e. The molecule has 1 N–H and O–H groups in total. The van der Waals surface area contributed by atoms with E-state index in [2.05, 4.69) is 5.10 Å². The number of carboxylic acid groups (broad SMARTS) is 1. The van der Waals surface area contributed by atoms with Gasteiger partial charge in [0.15, 0.2) is 0 Å². The van der Waals surface area contributed by atoms with Crippen molar-refractivity contribution in [1.29, 1.82) is 0 Å². The summed E-state index contributed by atoms with van der Waals surface area (Å²) >= 11 is 6.01. The van der Waals surface area contributed by atoms with Crippen molar-refractivity contribution in [3.05, 3.63) is 46.2 Å². The molecule has 1 aromatic carbocycles. The summed E-state index contributed by atoms with van der Waals surface area (Å²) in [7, 11) is 1.51. The maximum absolute atomic E-state index is 12.8. The lowest BCUT2D eigenvalue weighted by atomic mass is 10.1. The third-order valence-electron chi connectivity index (χ3n) is 4.12. The molecule has 1 aromatic heterocycles. The van der Waals surface area contributed by atoms with Crippen LogP contribution in [0.1, 0.15) is 28.2 Å². The van der Waals surface area contributed by atoms with Crippen molar-refractivity contribution in [3.63, 3.8) is 0 Å². The third-order valence-corrected chi connectivity index (χ3v) is 4.36. The second-order valence-corrected chi connectivity index (χ2v) is 6.25. The van der Waals surface area contributed by atoms with Crippen LogP contribution in [0.5, 0.6) is 5.75 Å². The van der Waals surface area contributed by atoms with E-state index in [1.807, 2.05) is 10.7 Å². The number of benzene rings is 1. The van der Waals surface area contributed by atoms with Crippen LogP contribution >= 0.6 is 11.6 Å². The van der Waals surface area contributed by atoms with Crippen LogP contribution in [0.2, 0.25) is 5.02 Å². The standard InChI is InChI=1S/C17H18ClN3O4/c1-25-15-4-2-11(18)8-14(15)17(24)20-6-7-21-13(10-20)9-12(19-21)3-5-16(22)23/h2,4,8-9H,3,5-7,10H2,1H3,(H,22,23). The molecule has 8 heteroatoms. The first-order valence-corrected chi connectivity index (χ1v) is 8.26. The van der Waals surface area contributed by atoms with Crippen molar-refractivity contribution in [2.24, 2.45) is 0 Å². The number of aryl methyl sites for hydroxylation is 1. The van der Waals surface area contributed by atoms with Crippen LogP contribution in [0, 0.1) is 0 Å². The summed E-state index contributed by atoms with van der Waals surface area (Å²) in [6.07, 6.45) is 0.421. The first-order chi connectivity index (χ1) is 12.0. The smallest absolute Gasteiger partial charge is 0.303 e. The zero-order valence-electron chi connectivity index (χ0n) is 13.7. The number of fused-ring (bicyclic) bond motifs is 1. The summed E-state index contributed by atoms with van der Waals surface area (Å²) < 4.78 is 7.09. The zero-order chi connectivity index (χ0) is 18.0.